The van der Waals surface area contributed by atoms with Gasteiger partial charge in [-0.15, -0.1) is 0 Å². The van der Waals surface area contributed by atoms with Gasteiger partial charge < -0.3 is 19.4 Å². The van der Waals surface area contributed by atoms with Crippen LogP contribution < -0.4 is 15.8 Å². The number of hydrogen-bond acceptors (Lipinski definition) is 7. The number of aromatic nitrogens is 2. The summed E-state index contributed by atoms with van der Waals surface area (Å²) in [6.07, 6.45) is 1.38. The van der Waals surface area contributed by atoms with Gasteiger partial charge in [-0.05, 0) is 12.1 Å². The van der Waals surface area contributed by atoms with Crippen LogP contribution in [-0.2, 0) is 4.74 Å². The van der Waals surface area contributed by atoms with Gasteiger partial charge in [0.15, 0.2) is 0 Å². The molecule has 1 aromatic carbocycles. The van der Waals surface area contributed by atoms with Gasteiger partial charge >= 0.3 is 5.63 Å². The van der Waals surface area contributed by atoms with E-state index in [0.717, 1.165) is 13.1 Å². The summed E-state index contributed by atoms with van der Waals surface area (Å²) in [6.45, 7) is 2.70. The zero-order chi connectivity index (χ0) is 17.9. The van der Waals surface area contributed by atoms with Crippen LogP contribution in [-0.4, -0.2) is 42.2 Å². The molecule has 3 aromatic rings. The molecule has 0 bridgehead atoms. The van der Waals surface area contributed by atoms with Crippen molar-refractivity contribution in [3.63, 3.8) is 0 Å². The molecule has 0 saturated carbocycles. The molecule has 1 aliphatic rings. The molecule has 0 atom stereocenters. The number of anilines is 2. The number of nitrogens with one attached hydrogen (secondary N) is 1. The number of benzene rings is 1. The van der Waals surface area contributed by atoms with E-state index in [1.54, 1.807) is 24.3 Å². The number of morpholine rings is 1. The SMILES string of the molecule is O=C(Nc1cc(N2CCOCC2)ncn1)c1cc2ccccc2oc1=O. The van der Waals surface area contributed by atoms with Gasteiger partial charge in [0.25, 0.3) is 5.91 Å². The number of carbonyl (C=O) groups is 1. The summed E-state index contributed by atoms with van der Waals surface area (Å²) in [6, 6.07) is 10.2. The lowest BCUT2D eigenvalue weighted by molar-refractivity contribution is 0.102. The van der Waals surface area contributed by atoms with Crippen molar-refractivity contribution < 1.29 is 13.9 Å². The van der Waals surface area contributed by atoms with E-state index < -0.39 is 11.5 Å². The first kappa shape index (κ1) is 16.2. The molecule has 26 heavy (non-hydrogen) atoms. The molecule has 3 heterocycles. The fourth-order valence-corrected chi connectivity index (χ4v) is 2.78. The minimum Gasteiger partial charge on any atom is -0.422 e. The van der Waals surface area contributed by atoms with Crippen molar-refractivity contribution in [2.24, 2.45) is 0 Å². The predicted octanol–water partition coefficient (Wildman–Crippen LogP) is 1.67. The van der Waals surface area contributed by atoms with E-state index in [-0.39, 0.29) is 5.56 Å². The van der Waals surface area contributed by atoms with Gasteiger partial charge in [0, 0.05) is 24.5 Å². The summed E-state index contributed by atoms with van der Waals surface area (Å²) in [7, 11) is 0. The molecule has 8 nitrogen and oxygen atoms in total. The lowest BCUT2D eigenvalue weighted by atomic mass is 10.2. The van der Waals surface area contributed by atoms with E-state index in [9.17, 15) is 9.59 Å². The molecular formula is C18H16N4O4. The van der Waals surface area contributed by atoms with Crippen LogP contribution in [0.5, 0.6) is 0 Å². The molecular weight excluding hydrogens is 336 g/mol. The Kier molecular flexibility index (Phi) is 4.32. The number of nitrogens with zero attached hydrogens (tertiary/aromatic N) is 3. The summed E-state index contributed by atoms with van der Waals surface area (Å²) in [4.78, 5) is 34.9. The summed E-state index contributed by atoms with van der Waals surface area (Å²) >= 11 is 0. The normalized spacial score (nSPS) is 14.4. The Balaban J connectivity index is 1.58. The second-order valence-electron chi connectivity index (χ2n) is 5.80. The van der Waals surface area contributed by atoms with Crippen LogP contribution in [0.25, 0.3) is 11.0 Å². The Morgan fingerprint density at radius 2 is 1.92 bits per heavy atom. The second kappa shape index (κ2) is 6.93. The highest BCUT2D eigenvalue weighted by Crippen LogP contribution is 2.17. The lowest BCUT2D eigenvalue weighted by Crippen LogP contribution is -2.36. The van der Waals surface area contributed by atoms with Crippen LogP contribution in [0, 0.1) is 0 Å². The van der Waals surface area contributed by atoms with Gasteiger partial charge in [0.05, 0.1) is 13.2 Å². The van der Waals surface area contributed by atoms with E-state index >= 15 is 0 Å². The quantitative estimate of drug-likeness (QED) is 0.716. The van der Waals surface area contributed by atoms with Gasteiger partial charge in [-0.2, -0.15) is 0 Å². The van der Waals surface area contributed by atoms with Crippen LogP contribution >= 0.6 is 0 Å². The topological polar surface area (TPSA) is 97.6 Å². The number of rotatable bonds is 3. The van der Waals surface area contributed by atoms with Crippen LogP contribution in [0.4, 0.5) is 11.6 Å². The number of carbonyl (C=O) groups excluding carboxylic acids is 1. The highest BCUT2D eigenvalue weighted by molar-refractivity contribution is 6.05. The highest BCUT2D eigenvalue weighted by Gasteiger charge is 2.17. The van der Waals surface area contributed by atoms with Gasteiger partial charge in [-0.3, -0.25) is 4.79 Å². The minimum absolute atomic E-state index is 0.0739. The third kappa shape index (κ3) is 3.27. The second-order valence-corrected chi connectivity index (χ2v) is 5.80. The van der Waals surface area contributed by atoms with Crippen LogP contribution in [0.1, 0.15) is 10.4 Å². The molecule has 1 amide bonds. The fourth-order valence-electron chi connectivity index (χ4n) is 2.78. The molecule has 1 saturated heterocycles. The van der Waals surface area contributed by atoms with E-state index in [1.807, 2.05) is 11.0 Å². The molecule has 0 radical (unpaired) electrons. The van der Waals surface area contributed by atoms with Crippen molar-refractivity contribution in [3.8, 4) is 0 Å². The zero-order valence-electron chi connectivity index (χ0n) is 13.8. The Morgan fingerprint density at radius 3 is 2.77 bits per heavy atom. The molecule has 4 rings (SSSR count). The molecule has 0 aliphatic carbocycles. The molecule has 1 N–H and O–H groups in total. The van der Waals surface area contributed by atoms with Crippen LogP contribution in [0.2, 0.25) is 0 Å². The van der Waals surface area contributed by atoms with Crippen molar-refractivity contribution in [2.75, 3.05) is 36.5 Å². The molecule has 1 fully saturated rings. The van der Waals surface area contributed by atoms with E-state index in [1.165, 1.54) is 12.4 Å². The Morgan fingerprint density at radius 1 is 1.12 bits per heavy atom. The van der Waals surface area contributed by atoms with E-state index in [2.05, 4.69) is 15.3 Å². The van der Waals surface area contributed by atoms with Gasteiger partial charge in [-0.1, -0.05) is 18.2 Å². The third-order valence-corrected chi connectivity index (χ3v) is 4.12. The van der Waals surface area contributed by atoms with Crippen molar-refractivity contribution in [2.45, 2.75) is 0 Å². The largest absolute Gasteiger partial charge is 0.422 e. The van der Waals surface area contributed by atoms with Crippen LogP contribution in [0.3, 0.4) is 0 Å². The Hall–Kier alpha value is -3.26. The number of ether oxygens (including phenoxy) is 1. The maximum absolute atomic E-state index is 12.5. The van der Waals surface area contributed by atoms with E-state index in [4.69, 9.17) is 9.15 Å². The first-order chi connectivity index (χ1) is 12.7. The zero-order valence-corrected chi connectivity index (χ0v) is 13.8. The number of para-hydroxylation sites is 1. The molecule has 2 aromatic heterocycles. The fraction of sp³-hybridized carbons (Fsp3) is 0.222. The summed E-state index contributed by atoms with van der Waals surface area (Å²) in [5.41, 5.74) is -0.329. The van der Waals surface area contributed by atoms with Gasteiger partial charge in [0.2, 0.25) is 0 Å². The Labute approximate surface area is 148 Å². The Bertz CT molecular complexity index is 1010. The van der Waals surface area contributed by atoms with Crippen molar-refractivity contribution in [3.05, 3.63) is 58.7 Å². The third-order valence-electron chi connectivity index (χ3n) is 4.12. The first-order valence-corrected chi connectivity index (χ1v) is 8.20. The van der Waals surface area contributed by atoms with Crippen molar-refractivity contribution in [1.82, 2.24) is 9.97 Å². The molecule has 1 aliphatic heterocycles. The lowest BCUT2D eigenvalue weighted by Gasteiger charge is -2.27. The molecule has 0 unspecified atom stereocenters. The predicted molar refractivity (Wildman–Crippen MR) is 95.5 cm³/mol. The smallest absolute Gasteiger partial charge is 0.349 e. The summed E-state index contributed by atoms with van der Waals surface area (Å²) in [5.74, 6) is 0.444. The molecule has 8 heteroatoms. The first-order valence-electron chi connectivity index (χ1n) is 8.20. The number of amides is 1. The van der Waals surface area contributed by atoms with Crippen molar-refractivity contribution >= 4 is 28.5 Å². The minimum atomic E-state index is -0.691. The highest BCUT2D eigenvalue weighted by atomic mass is 16.5. The summed E-state index contributed by atoms with van der Waals surface area (Å²) in [5, 5.41) is 3.31. The monoisotopic (exact) mass is 352 g/mol. The maximum atomic E-state index is 12.5. The van der Waals surface area contributed by atoms with Gasteiger partial charge in [-0.25, -0.2) is 14.8 Å². The maximum Gasteiger partial charge on any atom is 0.349 e. The van der Waals surface area contributed by atoms with Crippen molar-refractivity contribution in [1.29, 1.82) is 0 Å². The molecule has 132 valence electrons. The van der Waals surface area contributed by atoms with E-state index in [0.29, 0.717) is 35.8 Å². The van der Waals surface area contributed by atoms with Gasteiger partial charge in [0.1, 0.15) is 29.1 Å². The number of hydrogen-bond donors (Lipinski definition) is 1. The number of fused-ring (bicyclic) bond motifs is 1. The molecule has 0 spiro atoms. The van der Waals surface area contributed by atoms with Crippen LogP contribution in [0.15, 0.2) is 51.9 Å². The average Bonchev–Trinajstić information content (AvgIpc) is 2.68. The average molecular weight is 352 g/mol. The standard InChI is InChI=1S/C18H16N4O4/c23-17(13-9-12-3-1-2-4-14(12)26-18(13)24)21-15-10-16(20-11-19-15)22-5-7-25-8-6-22/h1-4,9-11H,5-8H2,(H,19,20,21,23). The summed E-state index contributed by atoms with van der Waals surface area (Å²) < 4.78 is 10.5.